The van der Waals surface area contributed by atoms with Gasteiger partial charge >= 0.3 is 18.3 Å². The summed E-state index contributed by atoms with van der Waals surface area (Å²) in [7, 11) is 0. The number of aliphatic hydroxyl groups is 1. The van der Waals surface area contributed by atoms with Crippen LogP contribution in [0.15, 0.2) is 18.2 Å². The van der Waals surface area contributed by atoms with Gasteiger partial charge in [0.25, 0.3) is 0 Å². The smallest absolute Gasteiger partial charge is 0.479 e. The van der Waals surface area contributed by atoms with Crippen LogP contribution < -0.4 is 4.74 Å². The van der Waals surface area contributed by atoms with Crippen molar-refractivity contribution < 1.29 is 42.4 Å². The fourth-order valence-corrected chi connectivity index (χ4v) is 1.86. The summed E-state index contributed by atoms with van der Waals surface area (Å²) < 4.78 is 45.0. The van der Waals surface area contributed by atoms with Crippen LogP contribution in [0.3, 0.4) is 0 Å². The summed E-state index contributed by atoms with van der Waals surface area (Å²) in [6.07, 6.45) is -7.08. The van der Waals surface area contributed by atoms with Gasteiger partial charge < -0.3 is 19.7 Å². The Labute approximate surface area is 129 Å². The predicted molar refractivity (Wildman–Crippen MR) is 70.7 cm³/mol. The van der Waals surface area contributed by atoms with Gasteiger partial charge in [0.05, 0.1) is 6.61 Å². The Hall–Kier alpha value is -2.29. The van der Waals surface area contributed by atoms with Crippen LogP contribution in [0.5, 0.6) is 5.75 Å². The molecule has 128 valence electrons. The number of aliphatic hydroxyl groups excluding tert-OH is 1. The van der Waals surface area contributed by atoms with Crippen LogP contribution in [-0.2, 0) is 20.7 Å². The molecule has 1 aromatic rings. The molecule has 1 rings (SSSR count). The van der Waals surface area contributed by atoms with Crippen molar-refractivity contribution in [3.05, 3.63) is 29.3 Å². The van der Waals surface area contributed by atoms with Crippen molar-refractivity contribution in [3.8, 4) is 5.75 Å². The molecule has 0 saturated carbocycles. The molecule has 0 fully saturated rings. The number of aryl methyl sites for hydroxylation is 1. The number of carbonyl (C=O) groups excluding carboxylic acids is 1. The van der Waals surface area contributed by atoms with Gasteiger partial charge in [-0.1, -0.05) is 6.07 Å². The molecular formula is C14H15F3O6. The molecule has 1 aromatic carbocycles. The Bertz CT molecular complexity index is 570. The normalized spacial score (nSPS) is 12.6. The van der Waals surface area contributed by atoms with E-state index in [0.717, 1.165) is 12.1 Å². The standard InChI is InChI=1S/C14H15F3O6/c1-2-22-11(18)6-4-8-3-5-9(23-14(15,16)17)7-10(8)12(19)13(20)21/h3,5,7,12,19H,2,4,6H2,1H3,(H,20,21). The number of esters is 1. The molecule has 0 bridgehead atoms. The SMILES string of the molecule is CCOC(=O)CCc1ccc(OC(F)(F)F)cc1C(O)C(=O)O. The molecule has 0 radical (unpaired) electrons. The Morgan fingerprint density at radius 1 is 1.30 bits per heavy atom. The second-order valence-corrected chi connectivity index (χ2v) is 4.45. The highest BCUT2D eigenvalue weighted by Gasteiger charge is 2.32. The van der Waals surface area contributed by atoms with Gasteiger partial charge in [-0.15, -0.1) is 13.2 Å². The molecule has 1 unspecified atom stereocenters. The first-order valence-electron chi connectivity index (χ1n) is 6.59. The third kappa shape index (κ3) is 6.15. The van der Waals surface area contributed by atoms with Crippen molar-refractivity contribution in [1.82, 2.24) is 0 Å². The van der Waals surface area contributed by atoms with Gasteiger partial charge in [0, 0.05) is 6.42 Å². The number of carboxylic acid groups (broad SMARTS) is 1. The van der Waals surface area contributed by atoms with Crippen molar-refractivity contribution in [1.29, 1.82) is 0 Å². The summed E-state index contributed by atoms with van der Waals surface area (Å²) in [5, 5.41) is 18.5. The predicted octanol–water partition coefficient (Wildman–Crippen LogP) is 2.20. The number of aliphatic carboxylic acids is 1. The number of benzene rings is 1. The number of rotatable bonds is 7. The minimum Gasteiger partial charge on any atom is -0.479 e. The molecule has 0 spiro atoms. The van der Waals surface area contributed by atoms with Crippen LogP contribution in [0, 0.1) is 0 Å². The monoisotopic (exact) mass is 336 g/mol. The van der Waals surface area contributed by atoms with Gasteiger partial charge in [0.2, 0.25) is 0 Å². The number of halogens is 3. The van der Waals surface area contributed by atoms with E-state index in [4.69, 9.17) is 9.84 Å². The molecule has 1 atom stereocenters. The first kappa shape index (κ1) is 18.8. The second kappa shape index (κ2) is 7.82. The summed E-state index contributed by atoms with van der Waals surface area (Å²) in [5.74, 6) is -2.84. The fraction of sp³-hybridized carbons (Fsp3) is 0.429. The lowest BCUT2D eigenvalue weighted by Gasteiger charge is -2.15. The van der Waals surface area contributed by atoms with Crippen LogP contribution in [-0.4, -0.2) is 35.1 Å². The summed E-state index contributed by atoms with van der Waals surface area (Å²) in [4.78, 5) is 22.2. The first-order chi connectivity index (χ1) is 10.6. The molecule has 23 heavy (non-hydrogen) atoms. The Morgan fingerprint density at radius 3 is 2.48 bits per heavy atom. The Kier molecular flexibility index (Phi) is 6.38. The summed E-state index contributed by atoms with van der Waals surface area (Å²) >= 11 is 0. The molecule has 0 aliphatic carbocycles. The minimum absolute atomic E-state index is 0.00477. The van der Waals surface area contributed by atoms with Crippen molar-refractivity contribution >= 4 is 11.9 Å². The van der Waals surface area contributed by atoms with E-state index in [1.807, 2.05) is 0 Å². The van der Waals surface area contributed by atoms with Gasteiger partial charge in [-0.2, -0.15) is 0 Å². The maximum Gasteiger partial charge on any atom is 0.573 e. The number of hydrogen-bond acceptors (Lipinski definition) is 5. The lowest BCUT2D eigenvalue weighted by atomic mass is 9.98. The second-order valence-electron chi connectivity index (χ2n) is 4.45. The Morgan fingerprint density at radius 2 is 1.96 bits per heavy atom. The highest BCUT2D eigenvalue weighted by atomic mass is 19.4. The third-order valence-electron chi connectivity index (χ3n) is 2.78. The zero-order chi connectivity index (χ0) is 17.6. The molecule has 0 aliphatic heterocycles. The maximum atomic E-state index is 12.2. The highest BCUT2D eigenvalue weighted by molar-refractivity contribution is 5.75. The van der Waals surface area contributed by atoms with Crippen molar-refractivity contribution in [2.24, 2.45) is 0 Å². The van der Waals surface area contributed by atoms with Crippen molar-refractivity contribution in [2.75, 3.05) is 6.61 Å². The number of ether oxygens (including phenoxy) is 2. The lowest BCUT2D eigenvalue weighted by molar-refractivity contribution is -0.274. The van der Waals surface area contributed by atoms with Gasteiger partial charge in [-0.05, 0) is 36.6 Å². The summed E-state index contributed by atoms with van der Waals surface area (Å²) in [6.45, 7) is 1.78. The zero-order valence-electron chi connectivity index (χ0n) is 12.1. The third-order valence-corrected chi connectivity index (χ3v) is 2.78. The number of hydrogen-bond donors (Lipinski definition) is 2. The molecule has 0 saturated heterocycles. The van der Waals surface area contributed by atoms with E-state index in [0.29, 0.717) is 0 Å². The highest BCUT2D eigenvalue weighted by Crippen LogP contribution is 2.29. The van der Waals surface area contributed by atoms with Crippen LogP contribution in [0.4, 0.5) is 13.2 Å². The van der Waals surface area contributed by atoms with E-state index in [1.54, 1.807) is 6.92 Å². The van der Waals surface area contributed by atoms with Crippen molar-refractivity contribution in [3.63, 3.8) is 0 Å². The largest absolute Gasteiger partial charge is 0.573 e. The average molecular weight is 336 g/mol. The molecule has 0 aliphatic rings. The summed E-state index contributed by atoms with van der Waals surface area (Å²) in [5.41, 5.74) is -0.0639. The maximum absolute atomic E-state index is 12.2. The lowest BCUT2D eigenvalue weighted by Crippen LogP contribution is -2.18. The van der Waals surface area contributed by atoms with Gasteiger partial charge in [-0.25, -0.2) is 4.79 Å². The summed E-state index contributed by atoms with van der Waals surface area (Å²) in [6, 6.07) is 2.93. The van der Waals surface area contributed by atoms with E-state index in [1.165, 1.54) is 6.07 Å². The van der Waals surface area contributed by atoms with Gasteiger partial charge in [0.15, 0.2) is 6.10 Å². The number of alkyl halides is 3. The van der Waals surface area contributed by atoms with Crippen LogP contribution in [0.25, 0.3) is 0 Å². The molecule has 6 nitrogen and oxygen atoms in total. The number of carbonyl (C=O) groups is 2. The van der Waals surface area contributed by atoms with E-state index < -0.39 is 30.2 Å². The molecule has 2 N–H and O–H groups in total. The van der Waals surface area contributed by atoms with E-state index in [-0.39, 0.29) is 30.6 Å². The van der Waals surface area contributed by atoms with Gasteiger partial charge in [0.1, 0.15) is 5.75 Å². The molecule has 0 aromatic heterocycles. The van der Waals surface area contributed by atoms with Gasteiger partial charge in [-0.3, -0.25) is 4.79 Å². The van der Waals surface area contributed by atoms with Crippen molar-refractivity contribution in [2.45, 2.75) is 32.2 Å². The quantitative estimate of drug-likeness (QED) is 0.742. The van der Waals surface area contributed by atoms with E-state index in [2.05, 4.69) is 4.74 Å². The average Bonchev–Trinajstić information content (AvgIpc) is 2.43. The molecular weight excluding hydrogens is 321 g/mol. The minimum atomic E-state index is -4.95. The van der Waals surface area contributed by atoms with Crippen LogP contribution in [0.2, 0.25) is 0 Å². The molecule has 0 heterocycles. The van der Waals surface area contributed by atoms with E-state index >= 15 is 0 Å². The molecule has 9 heteroatoms. The van der Waals surface area contributed by atoms with E-state index in [9.17, 15) is 27.9 Å². The first-order valence-corrected chi connectivity index (χ1v) is 6.59. The Balaban J connectivity index is 3.04. The zero-order valence-corrected chi connectivity index (χ0v) is 12.1. The molecule has 0 amide bonds. The topological polar surface area (TPSA) is 93.1 Å². The fourth-order valence-electron chi connectivity index (χ4n) is 1.86. The van der Waals surface area contributed by atoms with Crippen LogP contribution in [0.1, 0.15) is 30.6 Å². The van der Waals surface area contributed by atoms with Crippen LogP contribution >= 0.6 is 0 Å². The number of carboxylic acids is 1.